The van der Waals surface area contributed by atoms with Crippen molar-refractivity contribution in [1.82, 2.24) is 4.98 Å². The van der Waals surface area contributed by atoms with Crippen LogP contribution >= 0.6 is 12.6 Å². The Kier molecular flexibility index (Phi) is 4.10. The molecule has 0 bridgehead atoms. The number of thiol groups is 1. The number of hydrogen-bond donors (Lipinski definition) is 2. The molecular weight excluding hydrogens is 282 g/mol. The maximum atomic E-state index is 12.0. The normalized spacial score (nSPS) is 18.0. The fraction of sp³-hybridized carbons (Fsp3) is 0.250. The summed E-state index contributed by atoms with van der Waals surface area (Å²) < 4.78 is 0. The molecule has 2 aromatic rings. The summed E-state index contributed by atoms with van der Waals surface area (Å²) in [4.78, 5) is 18.1. The molecule has 1 aromatic carbocycles. The highest BCUT2D eigenvalue weighted by Crippen LogP contribution is 2.26. The third-order valence-electron chi connectivity index (χ3n) is 3.57. The Morgan fingerprint density at radius 1 is 1.24 bits per heavy atom. The van der Waals surface area contributed by atoms with E-state index in [0.717, 1.165) is 29.5 Å². The first-order chi connectivity index (χ1) is 10.3. The Morgan fingerprint density at radius 2 is 2.05 bits per heavy atom. The molecule has 108 valence electrons. The minimum absolute atomic E-state index is 0.152. The van der Waals surface area contributed by atoms with Crippen molar-refractivity contribution in [3.8, 4) is 0 Å². The average Bonchev–Trinajstić information content (AvgIpc) is 2.90. The molecule has 1 amide bonds. The van der Waals surface area contributed by atoms with E-state index < -0.39 is 0 Å². The molecular formula is C16H17N3OS. The smallest absolute Gasteiger partial charge is 0.227 e. The highest BCUT2D eigenvalue weighted by Gasteiger charge is 2.29. The van der Waals surface area contributed by atoms with Gasteiger partial charge in [0.15, 0.2) is 0 Å². The number of anilines is 3. The molecule has 21 heavy (non-hydrogen) atoms. The zero-order valence-corrected chi connectivity index (χ0v) is 12.5. The molecule has 1 N–H and O–H groups in total. The number of hydrogen-bond acceptors (Lipinski definition) is 4. The second-order valence-electron chi connectivity index (χ2n) is 5.15. The van der Waals surface area contributed by atoms with Gasteiger partial charge in [-0.25, -0.2) is 4.98 Å². The first-order valence-corrected chi connectivity index (χ1v) is 7.59. The summed E-state index contributed by atoms with van der Waals surface area (Å²) in [6.45, 7) is 0.732. The summed E-state index contributed by atoms with van der Waals surface area (Å²) in [5.74, 6) is 1.99. The van der Waals surface area contributed by atoms with Crippen LogP contribution < -0.4 is 10.2 Å². The van der Waals surface area contributed by atoms with Crippen molar-refractivity contribution >= 4 is 35.7 Å². The second-order valence-corrected chi connectivity index (χ2v) is 5.51. The molecule has 0 spiro atoms. The van der Waals surface area contributed by atoms with E-state index in [1.165, 1.54) is 0 Å². The molecule has 1 atom stereocenters. The monoisotopic (exact) mass is 299 g/mol. The van der Waals surface area contributed by atoms with Crippen molar-refractivity contribution in [3.05, 3.63) is 48.7 Å². The summed E-state index contributed by atoms with van der Waals surface area (Å²) in [7, 11) is 0. The molecule has 1 fully saturated rings. The number of aromatic nitrogens is 1. The van der Waals surface area contributed by atoms with Crippen molar-refractivity contribution < 1.29 is 4.79 Å². The summed E-state index contributed by atoms with van der Waals surface area (Å²) in [6, 6.07) is 13.7. The van der Waals surface area contributed by atoms with Crippen molar-refractivity contribution in [2.75, 3.05) is 22.5 Å². The van der Waals surface area contributed by atoms with Crippen LogP contribution in [-0.4, -0.2) is 23.2 Å². The predicted octanol–water partition coefficient (Wildman–Crippen LogP) is 3.11. The molecule has 1 aliphatic rings. The summed E-state index contributed by atoms with van der Waals surface area (Å²) in [6.07, 6.45) is 2.32. The van der Waals surface area contributed by atoms with Gasteiger partial charge in [-0.2, -0.15) is 12.6 Å². The number of nitrogens with zero attached hydrogens (tertiary/aromatic N) is 2. The molecule has 3 rings (SSSR count). The summed E-state index contributed by atoms with van der Waals surface area (Å²) in [5.41, 5.74) is 1.84. The number of nitrogens with one attached hydrogen (secondary N) is 1. The van der Waals surface area contributed by atoms with Gasteiger partial charge in [-0.1, -0.05) is 18.2 Å². The van der Waals surface area contributed by atoms with Crippen LogP contribution in [-0.2, 0) is 4.79 Å². The number of rotatable bonds is 4. The van der Waals surface area contributed by atoms with Crippen LogP contribution in [0.5, 0.6) is 0 Å². The lowest BCUT2D eigenvalue weighted by Crippen LogP contribution is -2.24. The number of carbonyl (C=O) groups is 1. The van der Waals surface area contributed by atoms with Crippen LogP contribution in [0.4, 0.5) is 17.2 Å². The Morgan fingerprint density at radius 3 is 2.67 bits per heavy atom. The number of benzene rings is 1. The van der Waals surface area contributed by atoms with Gasteiger partial charge in [-0.3, -0.25) is 4.79 Å². The molecule has 2 heterocycles. The van der Waals surface area contributed by atoms with E-state index in [4.69, 9.17) is 0 Å². The van der Waals surface area contributed by atoms with E-state index in [2.05, 4.69) is 22.9 Å². The molecule has 5 heteroatoms. The van der Waals surface area contributed by atoms with Gasteiger partial charge in [0, 0.05) is 18.7 Å². The minimum atomic E-state index is 0.152. The van der Waals surface area contributed by atoms with Crippen LogP contribution in [0.15, 0.2) is 48.7 Å². The average molecular weight is 299 g/mol. The first-order valence-electron chi connectivity index (χ1n) is 6.95. The molecule has 1 aliphatic heterocycles. The zero-order valence-electron chi connectivity index (χ0n) is 11.6. The lowest BCUT2D eigenvalue weighted by molar-refractivity contribution is -0.117. The highest BCUT2D eigenvalue weighted by atomic mass is 32.1. The van der Waals surface area contributed by atoms with Gasteiger partial charge in [0.1, 0.15) is 5.82 Å². The maximum Gasteiger partial charge on any atom is 0.227 e. The zero-order chi connectivity index (χ0) is 14.7. The highest BCUT2D eigenvalue weighted by molar-refractivity contribution is 7.80. The Bertz CT molecular complexity index is 615. The van der Waals surface area contributed by atoms with Gasteiger partial charge in [-0.15, -0.1) is 0 Å². The van der Waals surface area contributed by atoms with Gasteiger partial charge in [-0.05, 0) is 35.9 Å². The fourth-order valence-corrected chi connectivity index (χ4v) is 2.69. The SMILES string of the molecule is O=C1CC(CS)CN1c1ccc(Nc2ccccc2)nc1. The van der Waals surface area contributed by atoms with Crippen molar-refractivity contribution in [2.24, 2.45) is 5.92 Å². The van der Waals surface area contributed by atoms with Gasteiger partial charge < -0.3 is 10.2 Å². The Hall–Kier alpha value is -2.01. The van der Waals surface area contributed by atoms with E-state index in [-0.39, 0.29) is 5.91 Å². The largest absolute Gasteiger partial charge is 0.340 e. The quantitative estimate of drug-likeness (QED) is 0.853. The van der Waals surface area contributed by atoms with E-state index in [9.17, 15) is 4.79 Å². The molecule has 1 aromatic heterocycles. The standard InChI is InChI=1S/C16H17N3OS/c20-16-8-12(11-21)10-19(16)14-6-7-15(17-9-14)18-13-4-2-1-3-5-13/h1-7,9,12,21H,8,10-11H2,(H,17,18). The molecule has 0 aliphatic carbocycles. The number of amides is 1. The number of pyridine rings is 1. The lowest BCUT2D eigenvalue weighted by Gasteiger charge is -2.16. The van der Waals surface area contributed by atoms with Gasteiger partial charge >= 0.3 is 0 Å². The Labute approximate surface area is 129 Å². The first kappa shape index (κ1) is 13.9. The van der Waals surface area contributed by atoms with Gasteiger partial charge in [0.25, 0.3) is 0 Å². The predicted molar refractivity (Wildman–Crippen MR) is 88.3 cm³/mol. The third-order valence-corrected chi connectivity index (χ3v) is 4.09. The van der Waals surface area contributed by atoms with Crippen molar-refractivity contribution in [2.45, 2.75) is 6.42 Å². The lowest BCUT2D eigenvalue weighted by atomic mass is 10.1. The topological polar surface area (TPSA) is 45.2 Å². The molecule has 0 saturated carbocycles. The number of carbonyl (C=O) groups excluding carboxylic acids is 1. The van der Waals surface area contributed by atoms with Crippen molar-refractivity contribution in [1.29, 1.82) is 0 Å². The molecule has 4 nitrogen and oxygen atoms in total. The molecule has 1 unspecified atom stereocenters. The van der Waals surface area contributed by atoms with E-state index in [0.29, 0.717) is 12.3 Å². The van der Waals surface area contributed by atoms with Crippen LogP contribution in [0.1, 0.15) is 6.42 Å². The van der Waals surface area contributed by atoms with Crippen LogP contribution in [0.3, 0.4) is 0 Å². The van der Waals surface area contributed by atoms with Gasteiger partial charge in [0.05, 0.1) is 11.9 Å². The van der Waals surface area contributed by atoms with E-state index in [1.807, 2.05) is 42.5 Å². The number of para-hydroxylation sites is 1. The van der Waals surface area contributed by atoms with E-state index >= 15 is 0 Å². The fourth-order valence-electron chi connectivity index (χ4n) is 2.44. The Balaban J connectivity index is 1.71. The van der Waals surface area contributed by atoms with Crippen LogP contribution in [0, 0.1) is 5.92 Å². The van der Waals surface area contributed by atoms with Crippen LogP contribution in [0.25, 0.3) is 0 Å². The van der Waals surface area contributed by atoms with E-state index in [1.54, 1.807) is 11.1 Å². The third kappa shape index (κ3) is 3.19. The van der Waals surface area contributed by atoms with Crippen molar-refractivity contribution in [3.63, 3.8) is 0 Å². The van der Waals surface area contributed by atoms with Gasteiger partial charge in [0.2, 0.25) is 5.91 Å². The summed E-state index contributed by atoms with van der Waals surface area (Å²) in [5, 5.41) is 3.23. The molecule has 1 saturated heterocycles. The minimum Gasteiger partial charge on any atom is -0.340 e. The maximum absolute atomic E-state index is 12.0. The second kappa shape index (κ2) is 6.18. The summed E-state index contributed by atoms with van der Waals surface area (Å²) >= 11 is 4.28. The van der Waals surface area contributed by atoms with Crippen LogP contribution in [0.2, 0.25) is 0 Å². The molecule has 0 radical (unpaired) electrons.